The lowest BCUT2D eigenvalue weighted by atomic mass is 9.95. The molecule has 0 radical (unpaired) electrons. The number of hydrogen-bond donors (Lipinski definition) is 1. The molecule has 1 aliphatic rings. The summed E-state index contributed by atoms with van der Waals surface area (Å²) in [7, 11) is 0. The summed E-state index contributed by atoms with van der Waals surface area (Å²) in [6, 6.07) is 10.7. The van der Waals surface area contributed by atoms with Crippen molar-refractivity contribution in [3.05, 3.63) is 86.3 Å². The van der Waals surface area contributed by atoms with Gasteiger partial charge in [-0.2, -0.15) is 0 Å². The first-order valence-corrected chi connectivity index (χ1v) is 17.2. The molecule has 0 aliphatic carbocycles. The van der Waals surface area contributed by atoms with Crippen LogP contribution < -0.4 is 14.4 Å². The number of thiazole rings is 1. The second-order valence-corrected chi connectivity index (χ2v) is 13.6. The van der Waals surface area contributed by atoms with E-state index in [1.165, 1.54) is 34.1 Å². The Kier molecular flexibility index (Phi) is 10.5. The van der Waals surface area contributed by atoms with Crippen molar-refractivity contribution >= 4 is 51.3 Å². The standard InChI is InChI=1S/C32H33FN4O5S3/c1-5-7-10-15-42-23-14-13-20(16-24(23)41-6-2)26-25(27(38)29-18(3)34-19(4)44-29)28(39)30(40)37(26)31-35-36-32(45-31)43-17-21-11-8-9-12-22(21)33/h8-9,11-14,16,26,39H,5-7,10,15,17H2,1-4H3. The fraction of sp³-hybridized carbons (Fsp3) is 0.344. The molecular formula is C32H33FN4O5S3. The van der Waals surface area contributed by atoms with Gasteiger partial charge < -0.3 is 14.6 Å². The number of carbonyl (C=O) groups excluding carboxylic acids is 2. The first kappa shape index (κ1) is 32.6. The molecule has 236 valence electrons. The highest BCUT2D eigenvalue weighted by Gasteiger charge is 2.47. The van der Waals surface area contributed by atoms with Crippen LogP contribution >= 0.6 is 34.4 Å². The molecule has 1 aliphatic heterocycles. The highest BCUT2D eigenvalue weighted by atomic mass is 32.2. The zero-order valence-electron chi connectivity index (χ0n) is 25.3. The molecule has 1 N–H and O–H groups in total. The van der Waals surface area contributed by atoms with Gasteiger partial charge in [0.2, 0.25) is 10.9 Å². The van der Waals surface area contributed by atoms with E-state index in [0.717, 1.165) is 30.6 Å². The number of nitrogens with zero attached hydrogens (tertiary/aromatic N) is 4. The third kappa shape index (κ3) is 7.05. The van der Waals surface area contributed by atoms with Crippen LogP contribution in [0.15, 0.2) is 58.1 Å². The van der Waals surface area contributed by atoms with E-state index in [0.29, 0.717) is 61.5 Å². The van der Waals surface area contributed by atoms with Gasteiger partial charge in [-0.3, -0.25) is 14.5 Å². The van der Waals surface area contributed by atoms with E-state index in [9.17, 15) is 19.1 Å². The van der Waals surface area contributed by atoms with Crippen LogP contribution in [-0.4, -0.2) is 45.2 Å². The first-order valence-electron chi connectivity index (χ1n) is 14.6. The van der Waals surface area contributed by atoms with Crippen molar-refractivity contribution in [1.29, 1.82) is 0 Å². The van der Waals surface area contributed by atoms with Crippen LogP contribution in [0, 0.1) is 19.7 Å². The molecule has 3 heterocycles. The Bertz CT molecular complexity index is 1740. The van der Waals surface area contributed by atoms with E-state index in [2.05, 4.69) is 22.1 Å². The normalized spacial score (nSPS) is 14.8. The van der Waals surface area contributed by atoms with Gasteiger partial charge in [-0.15, -0.1) is 21.5 Å². The minimum atomic E-state index is -1.03. The Labute approximate surface area is 273 Å². The van der Waals surface area contributed by atoms with Crippen LogP contribution in [0.4, 0.5) is 9.52 Å². The summed E-state index contributed by atoms with van der Waals surface area (Å²) in [4.78, 5) is 33.7. The number of ether oxygens (including phenoxy) is 2. The van der Waals surface area contributed by atoms with E-state index >= 15 is 0 Å². The van der Waals surface area contributed by atoms with E-state index in [4.69, 9.17) is 9.47 Å². The van der Waals surface area contributed by atoms with Crippen LogP contribution in [0.1, 0.15) is 70.7 Å². The topological polar surface area (TPSA) is 115 Å². The molecular weight excluding hydrogens is 636 g/mol. The molecule has 1 atom stereocenters. The van der Waals surface area contributed by atoms with E-state index in [1.54, 1.807) is 50.2 Å². The Hall–Kier alpha value is -3.81. The minimum absolute atomic E-state index is 0.0819. The number of carbonyl (C=O) groups is 2. The van der Waals surface area contributed by atoms with Crippen molar-refractivity contribution in [1.82, 2.24) is 15.2 Å². The number of rotatable bonds is 14. The van der Waals surface area contributed by atoms with Gasteiger partial charge in [-0.25, -0.2) is 9.37 Å². The molecule has 2 aromatic heterocycles. The van der Waals surface area contributed by atoms with Gasteiger partial charge in [0.25, 0.3) is 5.91 Å². The number of unbranched alkanes of at least 4 members (excludes halogenated alkanes) is 2. The summed E-state index contributed by atoms with van der Waals surface area (Å²) in [6.07, 6.45) is 2.99. The number of hydrogen-bond acceptors (Lipinski definition) is 11. The van der Waals surface area contributed by atoms with Gasteiger partial charge in [0.15, 0.2) is 21.6 Å². The molecule has 13 heteroatoms. The molecule has 0 bridgehead atoms. The number of aromatic nitrogens is 3. The van der Waals surface area contributed by atoms with Crippen molar-refractivity contribution in [3.8, 4) is 11.5 Å². The average molecular weight is 669 g/mol. The second kappa shape index (κ2) is 14.5. The molecule has 0 fully saturated rings. The third-order valence-electron chi connectivity index (χ3n) is 7.06. The van der Waals surface area contributed by atoms with Gasteiger partial charge >= 0.3 is 0 Å². The molecule has 4 aromatic rings. The van der Waals surface area contributed by atoms with Crippen LogP contribution in [0.5, 0.6) is 11.5 Å². The maximum absolute atomic E-state index is 14.2. The summed E-state index contributed by atoms with van der Waals surface area (Å²) in [5.41, 5.74) is 1.47. The van der Waals surface area contributed by atoms with Crippen molar-refractivity contribution in [2.75, 3.05) is 18.1 Å². The number of benzene rings is 2. The number of halogens is 1. The summed E-state index contributed by atoms with van der Waals surface area (Å²) in [6.45, 7) is 8.38. The molecule has 1 unspecified atom stereocenters. The zero-order valence-corrected chi connectivity index (χ0v) is 27.8. The number of aliphatic hydroxyl groups excluding tert-OH is 1. The maximum atomic E-state index is 14.2. The highest BCUT2D eigenvalue weighted by Crippen LogP contribution is 2.46. The fourth-order valence-electron chi connectivity index (χ4n) is 4.94. The molecule has 2 aromatic carbocycles. The van der Waals surface area contributed by atoms with E-state index in [-0.39, 0.29) is 16.5 Å². The lowest BCUT2D eigenvalue weighted by Gasteiger charge is -2.25. The van der Waals surface area contributed by atoms with Crippen LogP contribution in [-0.2, 0) is 10.5 Å². The minimum Gasteiger partial charge on any atom is -0.503 e. The number of thioether (sulfide) groups is 1. The van der Waals surface area contributed by atoms with Crippen molar-refractivity contribution in [3.63, 3.8) is 0 Å². The first-order chi connectivity index (χ1) is 21.7. The summed E-state index contributed by atoms with van der Waals surface area (Å²) in [5, 5.41) is 20.6. The predicted molar refractivity (Wildman–Crippen MR) is 174 cm³/mol. The van der Waals surface area contributed by atoms with Crippen molar-refractivity contribution < 1.29 is 28.6 Å². The monoisotopic (exact) mass is 668 g/mol. The molecule has 0 saturated heterocycles. The number of anilines is 1. The molecule has 45 heavy (non-hydrogen) atoms. The molecule has 5 rings (SSSR count). The Morgan fingerprint density at radius 2 is 1.87 bits per heavy atom. The zero-order chi connectivity index (χ0) is 32.1. The Morgan fingerprint density at radius 3 is 2.58 bits per heavy atom. The summed E-state index contributed by atoms with van der Waals surface area (Å²) >= 11 is 3.60. The van der Waals surface area contributed by atoms with Crippen LogP contribution in [0.3, 0.4) is 0 Å². The number of ketones is 1. The molecule has 0 saturated carbocycles. The summed E-state index contributed by atoms with van der Waals surface area (Å²) < 4.78 is 26.6. The Balaban J connectivity index is 1.53. The second-order valence-electron chi connectivity index (χ2n) is 10.2. The van der Waals surface area contributed by atoms with Crippen molar-refractivity contribution in [2.45, 2.75) is 63.1 Å². The molecule has 9 nitrogen and oxygen atoms in total. The highest BCUT2D eigenvalue weighted by molar-refractivity contribution is 8.00. The average Bonchev–Trinajstić information content (AvgIpc) is 3.70. The number of Topliss-reactive ketones (excluding diaryl/α,β-unsaturated/α-hetero) is 1. The lowest BCUT2D eigenvalue weighted by Crippen LogP contribution is -2.31. The quantitative estimate of drug-likeness (QED) is 0.0622. The van der Waals surface area contributed by atoms with Gasteiger partial charge in [0.1, 0.15) is 5.82 Å². The molecule has 0 spiro atoms. The lowest BCUT2D eigenvalue weighted by molar-refractivity contribution is -0.117. The summed E-state index contributed by atoms with van der Waals surface area (Å²) in [5.74, 6) is -0.935. The number of amides is 1. The fourth-order valence-corrected chi connectivity index (χ4v) is 7.67. The van der Waals surface area contributed by atoms with Crippen molar-refractivity contribution in [2.24, 2.45) is 0 Å². The van der Waals surface area contributed by atoms with Gasteiger partial charge in [-0.05, 0) is 56.5 Å². The largest absolute Gasteiger partial charge is 0.503 e. The number of aliphatic hydroxyl groups is 1. The van der Waals surface area contributed by atoms with Crippen LogP contribution in [0.2, 0.25) is 0 Å². The SMILES string of the molecule is CCCCCOc1ccc(C2C(C(=O)c3sc(C)nc3C)=C(O)C(=O)N2c2nnc(SCc3ccccc3F)s2)cc1OCC. The number of aryl methyl sites for hydroxylation is 2. The predicted octanol–water partition coefficient (Wildman–Crippen LogP) is 7.79. The van der Waals surface area contributed by atoms with Gasteiger partial charge in [-0.1, -0.05) is 67.1 Å². The third-order valence-corrected chi connectivity index (χ3v) is 10.2. The smallest absolute Gasteiger partial charge is 0.296 e. The van der Waals surface area contributed by atoms with E-state index < -0.39 is 23.5 Å². The van der Waals surface area contributed by atoms with E-state index in [1.807, 2.05) is 6.92 Å². The molecule has 1 amide bonds. The van der Waals surface area contributed by atoms with Crippen LogP contribution in [0.25, 0.3) is 0 Å². The Morgan fingerprint density at radius 1 is 1.07 bits per heavy atom. The van der Waals surface area contributed by atoms with Gasteiger partial charge in [0.05, 0.1) is 40.4 Å². The maximum Gasteiger partial charge on any atom is 0.296 e. The van der Waals surface area contributed by atoms with Gasteiger partial charge in [0, 0.05) is 5.75 Å².